The van der Waals surface area contributed by atoms with E-state index in [2.05, 4.69) is 69.2 Å². The number of nitrogens with zero attached hydrogens (tertiary/aromatic N) is 1. The minimum atomic E-state index is 0.0314. The monoisotopic (exact) mass is 566 g/mol. The van der Waals surface area contributed by atoms with Crippen LogP contribution in [-0.4, -0.2) is 10.2 Å². The summed E-state index contributed by atoms with van der Waals surface area (Å²) in [6, 6.07) is 33.6. The van der Waals surface area contributed by atoms with Crippen LogP contribution in [0.1, 0.15) is 39.9 Å². The Hall–Kier alpha value is -3.28. The number of carbonyl (C=O) groups excluding carboxylic acids is 1. The molecule has 37 heavy (non-hydrogen) atoms. The molecule has 0 fully saturated rings. The summed E-state index contributed by atoms with van der Waals surface area (Å²) in [5, 5.41) is 5.64. The third-order valence-corrected chi connectivity index (χ3v) is 8.45. The average molecular weight is 568 g/mol. The van der Waals surface area contributed by atoms with Crippen molar-refractivity contribution < 1.29 is 4.79 Å². The second-order valence-corrected chi connectivity index (χ2v) is 11.2. The second kappa shape index (κ2) is 10.6. The third kappa shape index (κ3) is 4.98. The van der Waals surface area contributed by atoms with Gasteiger partial charge < -0.3 is 4.72 Å². The van der Waals surface area contributed by atoms with E-state index in [-0.39, 0.29) is 5.91 Å². The molecule has 3 nitrogen and oxygen atoms in total. The number of fused-ring (bicyclic) bond motifs is 6. The first-order chi connectivity index (χ1) is 18.2. The highest BCUT2D eigenvalue weighted by atomic mass is 79.9. The van der Waals surface area contributed by atoms with Crippen molar-refractivity contribution in [3.63, 3.8) is 0 Å². The molecule has 0 aromatic heterocycles. The molecule has 0 saturated carbocycles. The number of carbonyl (C=O) groups is 1. The molecule has 1 heterocycles. The van der Waals surface area contributed by atoms with Crippen molar-refractivity contribution in [2.45, 2.75) is 32.2 Å². The Kier molecular flexibility index (Phi) is 6.90. The number of amides is 1. The molecule has 184 valence electrons. The molecule has 5 heteroatoms. The van der Waals surface area contributed by atoms with E-state index in [1.54, 1.807) is 15.4 Å². The summed E-state index contributed by atoms with van der Waals surface area (Å²) >= 11 is 4.73. The number of anilines is 1. The van der Waals surface area contributed by atoms with Gasteiger partial charge in [-0.2, -0.15) is 0 Å². The largest absolute Gasteiger partial charge is 0.311 e. The fourth-order valence-corrected chi connectivity index (χ4v) is 6.40. The van der Waals surface area contributed by atoms with Gasteiger partial charge in [0.2, 0.25) is 0 Å². The van der Waals surface area contributed by atoms with Crippen LogP contribution in [0.15, 0.2) is 102 Å². The minimum Gasteiger partial charge on any atom is -0.311 e. The molecule has 0 unspecified atom stereocenters. The summed E-state index contributed by atoms with van der Waals surface area (Å²) in [6.07, 6.45) is 5.22. The molecular weight excluding hydrogens is 540 g/mol. The number of hydrogen-bond donors (Lipinski definition) is 1. The Morgan fingerprint density at radius 3 is 2.46 bits per heavy atom. The van der Waals surface area contributed by atoms with Crippen molar-refractivity contribution in [2.24, 2.45) is 0 Å². The summed E-state index contributed by atoms with van der Waals surface area (Å²) < 4.78 is 5.83. The molecule has 0 bridgehead atoms. The number of benzene rings is 5. The molecule has 1 amide bonds. The van der Waals surface area contributed by atoms with Gasteiger partial charge in [-0.1, -0.05) is 94.8 Å². The molecular formula is C32H27BrN2OS. The fraction of sp³-hybridized carbons (Fsp3) is 0.156. The van der Waals surface area contributed by atoms with Crippen LogP contribution in [0.5, 0.6) is 0 Å². The van der Waals surface area contributed by atoms with E-state index in [0.717, 1.165) is 15.7 Å². The molecule has 1 aliphatic carbocycles. The average Bonchev–Trinajstić information content (AvgIpc) is 2.95. The van der Waals surface area contributed by atoms with Crippen molar-refractivity contribution >= 4 is 61.2 Å². The zero-order valence-electron chi connectivity index (χ0n) is 20.4. The second-order valence-electron chi connectivity index (χ2n) is 9.50. The zero-order valence-corrected chi connectivity index (χ0v) is 22.8. The highest BCUT2D eigenvalue weighted by Gasteiger charge is 2.25. The van der Waals surface area contributed by atoms with Crippen molar-refractivity contribution in [2.75, 3.05) is 4.72 Å². The number of rotatable bonds is 2. The maximum atomic E-state index is 12.4. The quantitative estimate of drug-likeness (QED) is 0.171. The molecule has 0 spiro atoms. The van der Waals surface area contributed by atoms with Crippen LogP contribution in [0.4, 0.5) is 5.69 Å². The number of halogens is 1. The summed E-state index contributed by atoms with van der Waals surface area (Å²) in [7, 11) is 0. The zero-order chi connectivity index (χ0) is 25.2. The Bertz CT molecular complexity index is 1600. The van der Waals surface area contributed by atoms with E-state index in [9.17, 15) is 4.79 Å². The van der Waals surface area contributed by atoms with Gasteiger partial charge in [0, 0.05) is 4.47 Å². The van der Waals surface area contributed by atoms with E-state index in [4.69, 9.17) is 0 Å². The number of nitrogens with one attached hydrogen (secondary N) is 1. The van der Waals surface area contributed by atoms with Gasteiger partial charge in [0.15, 0.2) is 0 Å². The van der Waals surface area contributed by atoms with Gasteiger partial charge in [0.05, 0.1) is 29.9 Å². The van der Waals surface area contributed by atoms with Gasteiger partial charge >= 0.3 is 0 Å². The van der Waals surface area contributed by atoms with Crippen molar-refractivity contribution in [1.29, 1.82) is 0 Å². The predicted molar refractivity (Wildman–Crippen MR) is 160 cm³/mol. The fourth-order valence-electron chi connectivity index (χ4n) is 5.26. The molecule has 5 aromatic rings. The van der Waals surface area contributed by atoms with Gasteiger partial charge in [-0.3, -0.25) is 9.10 Å². The normalized spacial score (nSPS) is 14.4. The van der Waals surface area contributed by atoms with Crippen LogP contribution in [0.2, 0.25) is 0 Å². The van der Waals surface area contributed by atoms with Crippen LogP contribution in [0.3, 0.4) is 0 Å². The smallest absolute Gasteiger partial charge is 0.267 e. The van der Waals surface area contributed by atoms with E-state index >= 15 is 0 Å². The standard InChI is InChI=1S/C18H16.C14H11BrN2OS/c1-3-7-15-13(5-1)9-11-18-16-8-4-2-6-14(16)10-12-17(15)18;15-11-6-7-13-12(8-11)14(18)17(19-16-13)9-10-4-2-1-3-5-10/h1,3,5,7,9-12H,2,4,6,8H2;1-8,16H,9H2. The maximum absolute atomic E-state index is 12.4. The highest BCUT2D eigenvalue weighted by molar-refractivity contribution is 9.10. The molecule has 0 saturated heterocycles. The van der Waals surface area contributed by atoms with Crippen molar-refractivity contribution in [1.82, 2.24) is 4.31 Å². The molecule has 0 atom stereocenters. The summed E-state index contributed by atoms with van der Waals surface area (Å²) in [5.41, 5.74) is 5.85. The molecule has 5 aromatic carbocycles. The lowest BCUT2D eigenvalue weighted by Crippen LogP contribution is -2.29. The molecule has 1 aliphatic heterocycles. The van der Waals surface area contributed by atoms with E-state index in [1.165, 1.54) is 59.4 Å². The Balaban J connectivity index is 0.000000136. The van der Waals surface area contributed by atoms with Crippen LogP contribution in [0.25, 0.3) is 21.5 Å². The Labute approximate surface area is 230 Å². The molecule has 0 radical (unpaired) electrons. The first-order valence-electron chi connectivity index (χ1n) is 12.7. The predicted octanol–water partition coefficient (Wildman–Crippen LogP) is 8.95. The third-order valence-electron chi connectivity index (χ3n) is 7.13. The minimum absolute atomic E-state index is 0.0314. The number of hydrogen-bond acceptors (Lipinski definition) is 3. The van der Waals surface area contributed by atoms with Gasteiger partial charge in [0.1, 0.15) is 0 Å². The van der Waals surface area contributed by atoms with E-state index in [0.29, 0.717) is 12.1 Å². The summed E-state index contributed by atoms with van der Waals surface area (Å²) in [4.78, 5) is 12.4. The van der Waals surface area contributed by atoms with Crippen LogP contribution >= 0.6 is 28.1 Å². The molecule has 1 N–H and O–H groups in total. The van der Waals surface area contributed by atoms with Gasteiger partial charge in [-0.15, -0.1) is 0 Å². The van der Waals surface area contributed by atoms with Crippen molar-refractivity contribution in [3.8, 4) is 0 Å². The topological polar surface area (TPSA) is 32.3 Å². The number of aryl methyl sites for hydroxylation is 2. The summed E-state index contributed by atoms with van der Waals surface area (Å²) in [6.45, 7) is 0.587. The van der Waals surface area contributed by atoms with Crippen LogP contribution in [0, 0.1) is 0 Å². The van der Waals surface area contributed by atoms with Gasteiger partial charge in [0.25, 0.3) is 5.91 Å². The lowest BCUT2D eigenvalue weighted by Gasteiger charge is -2.27. The van der Waals surface area contributed by atoms with E-state index in [1.807, 2.05) is 48.5 Å². The van der Waals surface area contributed by atoms with Crippen LogP contribution in [-0.2, 0) is 19.4 Å². The summed E-state index contributed by atoms with van der Waals surface area (Å²) in [5.74, 6) is 0.0314. The molecule has 2 aliphatic rings. The van der Waals surface area contributed by atoms with Gasteiger partial charge in [-0.05, 0) is 82.1 Å². The van der Waals surface area contributed by atoms with Crippen LogP contribution < -0.4 is 4.72 Å². The highest BCUT2D eigenvalue weighted by Crippen LogP contribution is 2.34. The Morgan fingerprint density at radius 1 is 0.784 bits per heavy atom. The van der Waals surface area contributed by atoms with Gasteiger partial charge in [-0.25, -0.2) is 0 Å². The first kappa shape index (κ1) is 24.1. The van der Waals surface area contributed by atoms with E-state index < -0.39 is 0 Å². The lowest BCUT2D eigenvalue weighted by atomic mass is 9.86. The van der Waals surface area contributed by atoms with Crippen molar-refractivity contribution in [3.05, 3.63) is 124 Å². The lowest BCUT2D eigenvalue weighted by molar-refractivity contribution is 0.0865. The maximum Gasteiger partial charge on any atom is 0.267 e. The first-order valence-corrected chi connectivity index (χ1v) is 14.2. The Morgan fingerprint density at radius 2 is 1.57 bits per heavy atom. The molecule has 7 rings (SSSR count). The SMILES string of the molecule is O=C1c2cc(Br)ccc2NSN1Cc1ccccc1.c1ccc2c(c1)ccc1c3c(ccc12)CCCC3.